The molecule has 2 nitrogen and oxygen atoms in total. The van der Waals surface area contributed by atoms with Gasteiger partial charge in [-0.15, -0.1) is 0 Å². The standard InChI is InChI=1S/C11H15NOS/c13-14-11-4-2-1-3-10(11)9-5-7-12-8-6-9/h1-4,9-10,12H,5-8H2. The molecule has 0 radical (unpaired) electrons. The van der Waals surface area contributed by atoms with Gasteiger partial charge in [-0.1, -0.05) is 18.2 Å². The van der Waals surface area contributed by atoms with Crippen molar-refractivity contribution in [2.75, 3.05) is 13.1 Å². The molecule has 1 saturated heterocycles. The van der Waals surface area contributed by atoms with Crippen LogP contribution in [0.1, 0.15) is 12.8 Å². The molecule has 1 fully saturated rings. The number of hydrogen-bond donors (Lipinski definition) is 1. The van der Waals surface area contributed by atoms with E-state index >= 15 is 0 Å². The van der Waals surface area contributed by atoms with Crippen molar-refractivity contribution < 1.29 is 4.21 Å². The summed E-state index contributed by atoms with van der Waals surface area (Å²) in [6, 6.07) is 0. The highest BCUT2D eigenvalue weighted by Crippen LogP contribution is 2.26. The average molecular weight is 209 g/mol. The molecule has 1 heterocycles. The second-order valence-corrected chi connectivity index (χ2v) is 4.48. The van der Waals surface area contributed by atoms with Crippen LogP contribution < -0.4 is 5.32 Å². The van der Waals surface area contributed by atoms with Gasteiger partial charge in [0, 0.05) is 5.92 Å². The van der Waals surface area contributed by atoms with E-state index in [9.17, 15) is 4.21 Å². The fraction of sp³-hybridized carbons (Fsp3) is 0.545. The molecule has 2 aliphatic rings. The molecule has 0 amide bonds. The molecule has 0 aromatic rings. The SMILES string of the molecule is O=S=C1C=CC=CC1C1CCNCC1. The third kappa shape index (κ3) is 2.04. The van der Waals surface area contributed by atoms with Crippen LogP contribution in [0.15, 0.2) is 24.3 Å². The first-order chi connectivity index (χ1) is 6.92. The molecule has 0 bridgehead atoms. The van der Waals surface area contributed by atoms with Crippen molar-refractivity contribution in [3.63, 3.8) is 0 Å². The van der Waals surface area contributed by atoms with Crippen molar-refractivity contribution >= 4 is 16.1 Å². The monoisotopic (exact) mass is 209 g/mol. The third-order valence-electron chi connectivity index (χ3n) is 3.01. The third-order valence-corrected chi connectivity index (χ3v) is 3.61. The first kappa shape index (κ1) is 9.87. The average Bonchev–Trinajstić information content (AvgIpc) is 2.30. The van der Waals surface area contributed by atoms with E-state index in [0.29, 0.717) is 23.1 Å². The van der Waals surface area contributed by atoms with E-state index in [1.807, 2.05) is 12.2 Å². The maximum atomic E-state index is 10.9. The normalized spacial score (nSPS) is 28.0. The number of allylic oxidation sites excluding steroid dienone is 4. The van der Waals surface area contributed by atoms with Crippen molar-refractivity contribution in [2.24, 2.45) is 11.8 Å². The molecule has 14 heavy (non-hydrogen) atoms. The smallest absolute Gasteiger partial charge is 0.0926 e. The van der Waals surface area contributed by atoms with E-state index in [0.717, 1.165) is 18.0 Å². The first-order valence-electron chi connectivity index (χ1n) is 5.14. The second kappa shape index (κ2) is 4.71. The summed E-state index contributed by atoms with van der Waals surface area (Å²) in [5.74, 6) is 1.04. The zero-order chi connectivity index (χ0) is 9.80. The van der Waals surface area contributed by atoms with Crippen LogP contribution in [0.3, 0.4) is 0 Å². The molecule has 0 spiro atoms. The van der Waals surface area contributed by atoms with Crippen LogP contribution in [-0.2, 0) is 11.3 Å². The Labute approximate surface area is 88.2 Å². The summed E-state index contributed by atoms with van der Waals surface area (Å²) >= 11 is 0.656. The molecule has 0 aromatic carbocycles. The van der Waals surface area contributed by atoms with E-state index in [-0.39, 0.29) is 0 Å². The summed E-state index contributed by atoms with van der Waals surface area (Å²) in [6.45, 7) is 2.19. The molecule has 1 aliphatic carbocycles. The lowest BCUT2D eigenvalue weighted by Gasteiger charge is -2.29. The van der Waals surface area contributed by atoms with Crippen LogP contribution in [0.4, 0.5) is 0 Å². The first-order valence-corrected chi connectivity index (χ1v) is 5.88. The van der Waals surface area contributed by atoms with Crippen LogP contribution in [0.25, 0.3) is 0 Å². The fourth-order valence-electron chi connectivity index (χ4n) is 2.22. The van der Waals surface area contributed by atoms with Gasteiger partial charge in [0.1, 0.15) is 0 Å². The van der Waals surface area contributed by atoms with Crippen molar-refractivity contribution in [1.29, 1.82) is 0 Å². The minimum atomic E-state index is 0.379. The summed E-state index contributed by atoms with van der Waals surface area (Å²) in [4.78, 5) is 0.986. The number of nitrogens with one attached hydrogen (secondary N) is 1. The molecule has 1 N–H and O–H groups in total. The van der Waals surface area contributed by atoms with Gasteiger partial charge in [0.05, 0.1) is 16.1 Å². The summed E-state index contributed by atoms with van der Waals surface area (Å²) in [6.07, 6.45) is 10.5. The van der Waals surface area contributed by atoms with Gasteiger partial charge in [0.25, 0.3) is 0 Å². The summed E-state index contributed by atoms with van der Waals surface area (Å²) in [7, 11) is 0. The van der Waals surface area contributed by atoms with E-state index in [4.69, 9.17) is 0 Å². The van der Waals surface area contributed by atoms with Gasteiger partial charge in [-0.3, -0.25) is 0 Å². The van der Waals surface area contributed by atoms with Crippen LogP contribution >= 0.6 is 0 Å². The predicted molar refractivity (Wildman–Crippen MR) is 60.5 cm³/mol. The molecule has 1 aliphatic heterocycles. The molecule has 1 unspecified atom stereocenters. The summed E-state index contributed by atoms with van der Waals surface area (Å²) in [5.41, 5.74) is 0. The Bertz CT molecular complexity index is 309. The molecular formula is C11H15NOS. The lowest BCUT2D eigenvalue weighted by molar-refractivity contribution is 0.345. The minimum Gasteiger partial charge on any atom is -0.317 e. The van der Waals surface area contributed by atoms with Crippen molar-refractivity contribution in [3.8, 4) is 0 Å². The highest BCUT2D eigenvalue weighted by molar-refractivity contribution is 7.67. The van der Waals surface area contributed by atoms with E-state index < -0.39 is 0 Å². The Morgan fingerprint density at radius 1 is 1.29 bits per heavy atom. The highest BCUT2D eigenvalue weighted by Gasteiger charge is 2.25. The second-order valence-electron chi connectivity index (χ2n) is 3.84. The van der Waals surface area contributed by atoms with Crippen molar-refractivity contribution in [3.05, 3.63) is 24.3 Å². The van der Waals surface area contributed by atoms with Gasteiger partial charge < -0.3 is 5.32 Å². The van der Waals surface area contributed by atoms with Crippen LogP contribution in [0.2, 0.25) is 0 Å². The van der Waals surface area contributed by atoms with Gasteiger partial charge in [0.15, 0.2) is 0 Å². The predicted octanol–water partition coefficient (Wildman–Crippen LogP) is 1.11. The van der Waals surface area contributed by atoms with Crippen LogP contribution in [0, 0.1) is 11.8 Å². The minimum absolute atomic E-state index is 0.379. The Morgan fingerprint density at radius 2 is 2.07 bits per heavy atom. The number of piperidine rings is 1. The summed E-state index contributed by atoms with van der Waals surface area (Å²) < 4.78 is 10.9. The van der Waals surface area contributed by atoms with Crippen molar-refractivity contribution in [2.45, 2.75) is 12.8 Å². The van der Waals surface area contributed by atoms with E-state index in [2.05, 4.69) is 17.5 Å². The molecule has 0 saturated carbocycles. The fourth-order valence-corrected chi connectivity index (χ4v) is 2.73. The quantitative estimate of drug-likeness (QED) is 0.656. The van der Waals surface area contributed by atoms with E-state index in [1.54, 1.807) is 0 Å². The van der Waals surface area contributed by atoms with Crippen molar-refractivity contribution in [1.82, 2.24) is 5.32 Å². The topological polar surface area (TPSA) is 29.1 Å². The molecule has 0 aromatic heterocycles. The lowest BCUT2D eigenvalue weighted by Crippen LogP contribution is -2.34. The van der Waals surface area contributed by atoms with Gasteiger partial charge in [-0.05, 0) is 37.9 Å². The Balaban J connectivity index is 2.12. The molecule has 1 atom stereocenters. The van der Waals surface area contributed by atoms with E-state index in [1.165, 1.54) is 12.8 Å². The zero-order valence-electron chi connectivity index (χ0n) is 8.11. The Kier molecular flexibility index (Phi) is 3.32. The molecule has 3 heteroatoms. The maximum absolute atomic E-state index is 10.9. The van der Waals surface area contributed by atoms with Gasteiger partial charge in [-0.2, -0.15) is 0 Å². The largest absolute Gasteiger partial charge is 0.317 e. The maximum Gasteiger partial charge on any atom is 0.0926 e. The Hall–Kier alpha value is -0.670. The molecule has 2 rings (SSSR count). The summed E-state index contributed by atoms with van der Waals surface area (Å²) in [5, 5.41) is 3.35. The number of rotatable bonds is 1. The number of hydrogen-bond acceptors (Lipinski definition) is 2. The van der Waals surface area contributed by atoms with Gasteiger partial charge in [-0.25, -0.2) is 4.21 Å². The van der Waals surface area contributed by atoms with Gasteiger partial charge in [0.2, 0.25) is 0 Å². The highest BCUT2D eigenvalue weighted by atomic mass is 32.1. The van der Waals surface area contributed by atoms with Gasteiger partial charge >= 0.3 is 0 Å². The molecular weight excluding hydrogens is 194 g/mol. The zero-order valence-corrected chi connectivity index (χ0v) is 8.93. The Morgan fingerprint density at radius 3 is 2.79 bits per heavy atom. The van der Waals surface area contributed by atoms with Crippen LogP contribution in [0.5, 0.6) is 0 Å². The van der Waals surface area contributed by atoms with Crippen LogP contribution in [-0.4, -0.2) is 22.2 Å². The lowest BCUT2D eigenvalue weighted by atomic mass is 9.81. The molecule has 76 valence electrons.